The summed E-state index contributed by atoms with van der Waals surface area (Å²) in [6.45, 7) is 6.05. The maximum absolute atomic E-state index is 10.8. The smallest absolute Gasteiger partial charge is 0.264 e. The average Bonchev–Trinajstić information content (AvgIpc) is 2.26. The van der Waals surface area contributed by atoms with Crippen molar-refractivity contribution in [1.29, 1.82) is 0 Å². The Balaban J connectivity index is 2.76. The van der Waals surface area contributed by atoms with Gasteiger partial charge in [0.1, 0.15) is 11.5 Å². The van der Waals surface area contributed by atoms with E-state index >= 15 is 0 Å². The molecule has 0 aromatic carbocycles. The second kappa shape index (κ2) is 5.79. The van der Waals surface area contributed by atoms with Crippen molar-refractivity contribution in [1.82, 2.24) is 4.98 Å². The third-order valence-corrected chi connectivity index (χ3v) is 2.41. The van der Waals surface area contributed by atoms with Crippen LogP contribution in [0.15, 0.2) is 24.9 Å². The molecule has 1 aromatic rings. The minimum absolute atomic E-state index is 0.0201. The first-order chi connectivity index (χ1) is 7.92. The largest absolute Gasteiger partial charge is 0.492 e. The van der Waals surface area contributed by atoms with E-state index in [4.69, 9.17) is 4.74 Å². The van der Waals surface area contributed by atoms with Gasteiger partial charge < -0.3 is 4.74 Å². The van der Waals surface area contributed by atoms with Crippen molar-refractivity contribution in [3.05, 3.63) is 36.2 Å². The SMILES string of the molecule is C=C(OCC)c1cc(COS(C)(=O)=O)ccn1. The van der Waals surface area contributed by atoms with E-state index in [1.54, 1.807) is 18.3 Å². The second-order valence-electron chi connectivity index (χ2n) is 3.37. The first-order valence-electron chi connectivity index (χ1n) is 5.04. The summed E-state index contributed by atoms with van der Waals surface area (Å²) in [6, 6.07) is 3.36. The van der Waals surface area contributed by atoms with Crippen molar-refractivity contribution >= 4 is 15.9 Å². The van der Waals surface area contributed by atoms with Gasteiger partial charge in [0.15, 0.2) is 0 Å². The van der Waals surface area contributed by atoms with Gasteiger partial charge in [-0.05, 0) is 24.6 Å². The molecular weight excluding hydrogens is 242 g/mol. The molecule has 5 nitrogen and oxygen atoms in total. The van der Waals surface area contributed by atoms with Gasteiger partial charge in [-0.15, -0.1) is 0 Å². The van der Waals surface area contributed by atoms with Crippen LogP contribution in [-0.4, -0.2) is 26.3 Å². The summed E-state index contributed by atoms with van der Waals surface area (Å²) in [7, 11) is -3.44. The Kier molecular flexibility index (Phi) is 4.65. The summed E-state index contributed by atoms with van der Waals surface area (Å²) in [6.07, 6.45) is 2.56. The molecule has 1 aromatic heterocycles. The number of rotatable bonds is 6. The van der Waals surface area contributed by atoms with Crippen LogP contribution in [0.5, 0.6) is 0 Å². The number of ether oxygens (including phenoxy) is 1. The third kappa shape index (κ3) is 4.97. The molecule has 0 bridgehead atoms. The minimum atomic E-state index is -3.44. The molecule has 0 fully saturated rings. The average molecular weight is 257 g/mol. The molecule has 94 valence electrons. The summed E-state index contributed by atoms with van der Waals surface area (Å²) < 4.78 is 31.6. The van der Waals surface area contributed by atoms with Crippen molar-refractivity contribution in [2.45, 2.75) is 13.5 Å². The number of nitrogens with zero attached hydrogens (tertiary/aromatic N) is 1. The van der Waals surface area contributed by atoms with Gasteiger partial charge in [-0.25, -0.2) is 0 Å². The summed E-state index contributed by atoms with van der Waals surface area (Å²) in [5.74, 6) is 0.453. The molecule has 17 heavy (non-hydrogen) atoms. The van der Waals surface area contributed by atoms with Crippen molar-refractivity contribution in [3.8, 4) is 0 Å². The summed E-state index contributed by atoms with van der Waals surface area (Å²) in [5, 5.41) is 0. The standard InChI is InChI=1S/C11H15NO4S/c1-4-15-9(2)11-7-10(5-6-12-11)8-16-17(3,13)14/h5-7H,2,4,8H2,1,3H3. The Morgan fingerprint density at radius 3 is 2.82 bits per heavy atom. The van der Waals surface area contributed by atoms with Gasteiger partial charge in [-0.3, -0.25) is 9.17 Å². The lowest BCUT2D eigenvalue weighted by atomic mass is 10.2. The van der Waals surface area contributed by atoms with Crippen LogP contribution in [-0.2, 0) is 25.6 Å². The molecule has 1 rings (SSSR count). The molecule has 1 heterocycles. The van der Waals surface area contributed by atoms with Crippen LogP contribution in [0, 0.1) is 0 Å². The van der Waals surface area contributed by atoms with E-state index in [1.807, 2.05) is 6.92 Å². The first-order valence-corrected chi connectivity index (χ1v) is 6.85. The molecule has 0 aliphatic heterocycles. The van der Waals surface area contributed by atoms with E-state index in [2.05, 4.69) is 15.7 Å². The monoisotopic (exact) mass is 257 g/mol. The van der Waals surface area contributed by atoms with Crippen molar-refractivity contribution in [2.24, 2.45) is 0 Å². The second-order valence-corrected chi connectivity index (χ2v) is 5.02. The van der Waals surface area contributed by atoms with Crippen LogP contribution in [0.2, 0.25) is 0 Å². The van der Waals surface area contributed by atoms with Crippen molar-refractivity contribution in [3.63, 3.8) is 0 Å². The molecule has 0 radical (unpaired) electrons. The molecule has 0 unspecified atom stereocenters. The molecule has 0 spiro atoms. The molecule has 0 saturated carbocycles. The fourth-order valence-corrected chi connectivity index (χ4v) is 1.49. The molecule has 0 N–H and O–H groups in total. The van der Waals surface area contributed by atoms with Gasteiger partial charge in [-0.1, -0.05) is 6.58 Å². The van der Waals surface area contributed by atoms with Crippen molar-refractivity contribution in [2.75, 3.05) is 12.9 Å². The van der Waals surface area contributed by atoms with Crippen molar-refractivity contribution < 1.29 is 17.3 Å². The van der Waals surface area contributed by atoms with Gasteiger partial charge in [0, 0.05) is 6.20 Å². The van der Waals surface area contributed by atoms with Gasteiger partial charge >= 0.3 is 0 Å². The van der Waals surface area contributed by atoms with Crippen LogP contribution >= 0.6 is 0 Å². The quantitative estimate of drug-likeness (QED) is 0.571. The van der Waals surface area contributed by atoms with E-state index < -0.39 is 10.1 Å². The maximum atomic E-state index is 10.8. The fourth-order valence-electron chi connectivity index (χ4n) is 1.14. The molecule has 0 aliphatic carbocycles. The Morgan fingerprint density at radius 1 is 1.53 bits per heavy atom. The third-order valence-electron chi connectivity index (χ3n) is 1.87. The van der Waals surface area contributed by atoms with Gasteiger partial charge in [0.2, 0.25) is 0 Å². The van der Waals surface area contributed by atoms with E-state index in [-0.39, 0.29) is 6.61 Å². The Bertz CT molecular complexity index is 496. The van der Waals surface area contributed by atoms with Crippen LogP contribution in [0.4, 0.5) is 0 Å². The van der Waals surface area contributed by atoms with Crippen LogP contribution in [0.3, 0.4) is 0 Å². The molecule has 6 heteroatoms. The molecule has 0 amide bonds. The Hall–Kier alpha value is -1.40. The highest BCUT2D eigenvalue weighted by molar-refractivity contribution is 7.85. The van der Waals surface area contributed by atoms with Gasteiger partial charge in [0.25, 0.3) is 10.1 Å². The Labute approximate surface area is 101 Å². The zero-order chi connectivity index (χ0) is 12.9. The van der Waals surface area contributed by atoms with Crippen LogP contribution < -0.4 is 0 Å². The lowest BCUT2D eigenvalue weighted by Gasteiger charge is -2.07. The predicted molar refractivity (Wildman–Crippen MR) is 64.5 cm³/mol. The maximum Gasteiger partial charge on any atom is 0.264 e. The Morgan fingerprint density at radius 2 is 2.24 bits per heavy atom. The van der Waals surface area contributed by atoms with Gasteiger partial charge in [-0.2, -0.15) is 8.42 Å². The van der Waals surface area contributed by atoms with E-state index in [9.17, 15) is 8.42 Å². The number of pyridine rings is 1. The highest BCUT2D eigenvalue weighted by Gasteiger charge is 2.06. The summed E-state index contributed by atoms with van der Waals surface area (Å²) >= 11 is 0. The fraction of sp³-hybridized carbons (Fsp3) is 0.364. The lowest BCUT2D eigenvalue weighted by molar-refractivity contribution is 0.297. The zero-order valence-corrected chi connectivity index (χ0v) is 10.7. The van der Waals surface area contributed by atoms with E-state index in [1.165, 1.54) is 0 Å². The zero-order valence-electron chi connectivity index (χ0n) is 9.84. The lowest BCUT2D eigenvalue weighted by Crippen LogP contribution is -2.03. The highest BCUT2D eigenvalue weighted by Crippen LogP contribution is 2.13. The molecule has 0 atom stereocenters. The minimum Gasteiger partial charge on any atom is -0.492 e. The number of hydrogen-bond donors (Lipinski definition) is 0. The highest BCUT2D eigenvalue weighted by atomic mass is 32.2. The van der Waals surface area contributed by atoms with Gasteiger partial charge in [0.05, 0.1) is 19.5 Å². The molecular formula is C11H15NO4S. The summed E-state index contributed by atoms with van der Waals surface area (Å²) in [4.78, 5) is 4.07. The van der Waals surface area contributed by atoms with Crippen LogP contribution in [0.1, 0.15) is 18.2 Å². The molecule has 0 saturated heterocycles. The van der Waals surface area contributed by atoms with E-state index in [0.29, 0.717) is 23.6 Å². The first kappa shape index (κ1) is 13.7. The topological polar surface area (TPSA) is 65.5 Å². The molecule has 0 aliphatic rings. The summed E-state index contributed by atoms with van der Waals surface area (Å²) in [5.41, 5.74) is 1.27. The normalized spacial score (nSPS) is 11.2. The van der Waals surface area contributed by atoms with Crippen LogP contribution in [0.25, 0.3) is 5.76 Å². The predicted octanol–water partition coefficient (Wildman–Crippen LogP) is 1.56. The van der Waals surface area contributed by atoms with E-state index in [0.717, 1.165) is 6.26 Å². The number of hydrogen-bond acceptors (Lipinski definition) is 5. The number of aromatic nitrogens is 1.